The quantitative estimate of drug-likeness (QED) is 0.837. The van der Waals surface area contributed by atoms with Crippen LogP contribution in [0.4, 0.5) is 11.4 Å². The van der Waals surface area contributed by atoms with Crippen LogP contribution in [0.15, 0.2) is 24.3 Å². The summed E-state index contributed by atoms with van der Waals surface area (Å²) in [5.41, 5.74) is 2.67. The van der Waals surface area contributed by atoms with E-state index in [9.17, 15) is 0 Å². The fourth-order valence-corrected chi connectivity index (χ4v) is 3.17. The summed E-state index contributed by atoms with van der Waals surface area (Å²) in [6.45, 7) is 7.90. The second-order valence-electron chi connectivity index (χ2n) is 5.94. The Kier molecular flexibility index (Phi) is 3.16. The lowest BCUT2D eigenvalue weighted by Crippen LogP contribution is -2.60. The molecule has 98 valence electrons. The van der Waals surface area contributed by atoms with Crippen LogP contribution >= 0.6 is 0 Å². The van der Waals surface area contributed by atoms with Crippen molar-refractivity contribution in [3.05, 3.63) is 24.3 Å². The zero-order chi connectivity index (χ0) is 12.5. The molecule has 1 fully saturated rings. The van der Waals surface area contributed by atoms with Crippen LogP contribution in [-0.2, 0) is 0 Å². The number of nitrogens with one attached hydrogen (secondary N) is 2. The minimum absolute atomic E-state index is 0.600. The molecule has 3 rings (SSSR count). The number of benzene rings is 1. The van der Waals surface area contributed by atoms with E-state index in [-0.39, 0.29) is 0 Å². The summed E-state index contributed by atoms with van der Waals surface area (Å²) < 4.78 is 0. The van der Waals surface area contributed by atoms with Gasteiger partial charge in [-0.25, -0.2) is 0 Å². The predicted octanol–water partition coefficient (Wildman–Crippen LogP) is 2.30. The van der Waals surface area contributed by atoms with Crippen LogP contribution < -0.4 is 15.5 Å². The van der Waals surface area contributed by atoms with Crippen LogP contribution in [0, 0.1) is 5.92 Å². The molecule has 18 heavy (non-hydrogen) atoms. The van der Waals surface area contributed by atoms with Gasteiger partial charge in [0.25, 0.3) is 0 Å². The number of hydrogen-bond donors (Lipinski definition) is 2. The van der Waals surface area contributed by atoms with E-state index in [2.05, 4.69) is 53.6 Å². The van der Waals surface area contributed by atoms with Gasteiger partial charge in [0.2, 0.25) is 0 Å². The fourth-order valence-electron chi connectivity index (χ4n) is 3.17. The maximum Gasteiger partial charge on any atom is 0.0606 e. The number of para-hydroxylation sites is 2. The predicted molar refractivity (Wildman–Crippen MR) is 77.3 cm³/mol. The van der Waals surface area contributed by atoms with Gasteiger partial charge in [0.05, 0.1) is 17.4 Å². The first-order chi connectivity index (χ1) is 8.74. The van der Waals surface area contributed by atoms with Crippen LogP contribution in [-0.4, -0.2) is 31.7 Å². The maximum atomic E-state index is 3.70. The summed E-state index contributed by atoms with van der Waals surface area (Å²) in [4.78, 5) is 2.59. The molecular weight excluding hydrogens is 222 g/mol. The van der Waals surface area contributed by atoms with Crippen molar-refractivity contribution >= 4 is 11.4 Å². The Bertz CT molecular complexity index is 416. The van der Waals surface area contributed by atoms with Crippen molar-refractivity contribution in [3.63, 3.8) is 0 Å². The highest BCUT2D eigenvalue weighted by atomic mass is 15.3. The lowest BCUT2D eigenvalue weighted by Gasteiger charge is -2.46. The van der Waals surface area contributed by atoms with E-state index in [0.717, 1.165) is 25.6 Å². The van der Waals surface area contributed by atoms with E-state index in [1.807, 2.05) is 0 Å². The molecule has 2 atom stereocenters. The second kappa shape index (κ2) is 4.81. The van der Waals surface area contributed by atoms with Gasteiger partial charge in [-0.1, -0.05) is 26.0 Å². The van der Waals surface area contributed by atoms with Gasteiger partial charge >= 0.3 is 0 Å². The summed E-state index contributed by atoms with van der Waals surface area (Å²) in [6.07, 6.45) is 1.26. The molecule has 0 aliphatic carbocycles. The van der Waals surface area contributed by atoms with E-state index in [4.69, 9.17) is 0 Å². The van der Waals surface area contributed by atoms with Crippen LogP contribution in [0.1, 0.15) is 20.3 Å². The molecule has 0 radical (unpaired) electrons. The SMILES string of the molecule is CC(C)C[C@H]1CN2c3ccccc3NC[C@H]2CN1. The van der Waals surface area contributed by atoms with Gasteiger partial charge in [-0.05, 0) is 24.5 Å². The Hall–Kier alpha value is -1.22. The first kappa shape index (κ1) is 11.8. The molecule has 2 aliphatic rings. The van der Waals surface area contributed by atoms with Gasteiger partial charge < -0.3 is 15.5 Å². The first-order valence-corrected chi connectivity index (χ1v) is 7.07. The average Bonchev–Trinajstić information content (AvgIpc) is 2.38. The van der Waals surface area contributed by atoms with E-state index in [1.54, 1.807) is 0 Å². The highest BCUT2D eigenvalue weighted by Gasteiger charge is 2.31. The Morgan fingerprint density at radius 3 is 2.94 bits per heavy atom. The van der Waals surface area contributed by atoms with Crippen LogP contribution in [0.5, 0.6) is 0 Å². The molecule has 0 bridgehead atoms. The Morgan fingerprint density at radius 2 is 2.11 bits per heavy atom. The van der Waals surface area contributed by atoms with E-state index in [0.29, 0.717) is 12.1 Å². The lowest BCUT2D eigenvalue weighted by atomic mass is 9.97. The van der Waals surface area contributed by atoms with Crippen molar-refractivity contribution in [2.24, 2.45) is 5.92 Å². The molecule has 0 aromatic heterocycles. The molecule has 1 saturated heterocycles. The maximum absolute atomic E-state index is 3.70. The molecule has 0 spiro atoms. The van der Waals surface area contributed by atoms with E-state index in [1.165, 1.54) is 17.8 Å². The molecule has 1 aromatic rings. The summed E-state index contributed by atoms with van der Waals surface area (Å²) in [6, 6.07) is 9.91. The zero-order valence-electron chi connectivity index (χ0n) is 11.3. The van der Waals surface area contributed by atoms with Crippen LogP contribution in [0.3, 0.4) is 0 Å². The Balaban J connectivity index is 1.80. The second-order valence-corrected chi connectivity index (χ2v) is 5.94. The number of piperazine rings is 1. The highest BCUT2D eigenvalue weighted by molar-refractivity contribution is 5.73. The lowest BCUT2D eigenvalue weighted by molar-refractivity contribution is 0.349. The highest BCUT2D eigenvalue weighted by Crippen LogP contribution is 2.32. The molecular formula is C15H23N3. The minimum Gasteiger partial charge on any atom is -0.381 e. The molecule has 2 N–H and O–H groups in total. The third kappa shape index (κ3) is 2.19. The summed E-state index contributed by atoms with van der Waals surface area (Å²) in [5.74, 6) is 0.761. The molecule has 0 saturated carbocycles. The Labute approximate surface area is 110 Å². The largest absolute Gasteiger partial charge is 0.381 e. The van der Waals surface area contributed by atoms with Crippen molar-refractivity contribution in [1.29, 1.82) is 0 Å². The number of hydrogen-bond acceptors (Lipinski definition) is 3. The van der Waals surface area contributed by atoms with Crippen molar-refractivity contribution < 1.29 is 0 Å². The van der Waals surface area contributed by atoms with Crippen molar-refractivity contribution in [3.8, 4) is 0 Å². The van der Waals surface area contributed by atoms with Crippen LogP contribution in [0.2, 0.25) is 0 Å². The fraction of sp³-hybridized carbons (Fsp3) is 0.600. The van der Waals surface area contributed by atoms with Crippen molar-refractivity contribution in [1.82, 2.24) is 5.32 Å². The van der Waals surface area contributed by atoms with Gasteiger partial charge in [-0.2, -0.15) is 0 Å². The van der Waals surface area contributed by atoms with Crippen molar-refractivity contribution in [2.45, 2.75) is 32.4 Å². The topological polar surface area (TPSA) is 27.3 Å². The molecule has 0 amide bonds. The average molecular weight is 245 g/mol. The molecule has 0 unspecified atom stereocenters. The summed E-state index contributed by atoms with van der Waals surface area (Å²) in [7, 11) is 0. The molecule has 2 heterocycles. The van der Waals surface area contributed by atoms with Gasteiger partial charge in [0.15, 0.2) is 0 Å². The standard InChI is InChI=1S/C15H23N3/c1-11(2)7-12-10-18-13(8-16-12)9-17-14-5-3-4-6-15(14)18/h3-6,11-13,16-17H,7-10H2,1-2H3/t12-,13+/m0/s1. The third-order valence-corrected chi connectivity index (χ3v) is 4.00. The molecule has 1 aromatic carbocycles. The van der Waals surface area contributed by atoms with E-state index >= 15 is 0 Å². The summed E-state index contributed by atoms with van der Waals surface area (Å²) in [5, 5.41) is 7.23. The smallest absolute Gasteiger partial charge is 0.0606 e. The van der Waals surface area contributed by atoms with Gasteiger partial charge in [0.1, 0.15) is 0 Å². The number of nitrogens with zero attached hydrogens (tertiary/aromatic N) is 1. The van der Waals surface area contributed by atoms with Gasteiger partial charge in [-0.15, -0.1) is 0 Å². The minimum atomic E-state index is 0.600. The first-order valence-electron chi connectivity index (χ1n) is 7.07. The van der Waals surface area contributed by atoms with Crippen LogP contribution in [0.25, 0.3) is 0 Å². The number of rotatable bonds is 2. The molecule has 3 heteroatoms. The van der Waals surface area contributed by atoms with Gasteiger partial charge in [-0.3, -0.25) is 0 Å². The number of fused-ring (bicyclic) bond motifs is 3. The van der Waals surface area contributed by atoms with Gasteiger partial charge in [0, 0.05) is 25.7 Å². The zero-order valence-corrected chi connectivity index (χ0v) is 11.3. The van der Waals surface area contributed by atoms with E-state index < -0.39 is 0 Å². The molecule has 2 aliphatic heterocycles. The number of anilines is 2. The monoisotopic (exact) mass is 245 g/mol. The summed E-state index contributed by atoms with van der Waals surface area (Å²) >= 11 is 0. The normalized spacial score (nSPS) is 26.5. The third-order valence-electron chi connectivity index (χ3n) is 4.00. The Morgan fingerprint density at radius 1 is 1.28 bits per heavy atom. The molecule has 3 nitrogen and oxygen atoms in total. The van der Waals surface area contributed by atoms with Crippen molar-refractivity contribution in [2.75, 3.05) is 29.9 Å².